The van der Waals surface area contributed by atoms with Crippen molar-refractivity contribution in [1.82, 2.24) is 15.4 Å². The van der Waals surface area contributed by atoms with E-state index in [2.05, 4.69) is 20.5 Å². The van der Waals surface area contributed by atoms with Crippen LogP contribution in [-0.4, -0.2) is 22.1 Å². The lowest BCUT2D eigenvalue weighted by molar-refractivity contribution is 0.0955. The van der Waals surface area contributed by atoms with Crippen LogP contribution >= 0.6 is 0 Å². The summed E-state index contributed by atoms with van der Waals surface area (Å²) in [6, 6.07) is 20.6. The van der Waals surface area contributed by atoms with Crippen LogP contribution in [0.4, 0.5) is 0 Å². The van der Waals surface area contributed by atoms with Gasteiger partial charge in [0.2, 0.25) is 5.88 Å². The van der Waals surface area contributed by atoms with Crippen LogP contribution in [0.2, 0.25) is 0 Å². The van der Waals surface area contributed by atoms with E-state index in [4.69, 9.17) is 4.74 Å². The van der Waals surface area contributed by atoms with E-state index in [1.807, 2.05) is 61.5 Å². The van der Waals surface area contributed by atoms with Gasteiger partial charge in [0.05, 0.1) is 17.3 Å². The molecule has 0 fully saturated rings. The molecule has 29 heavy (non-hydrogen) atoms. The lowest BCUT2D eigenvalue weighted by Crippen LogP contribution is -2.17. The van der Waals surface area contributed by atoms with Gasteiger partial charge in [-0.1, -0.05) is 35.9 Å². The molecular weight excluding hydrogens is 364 g/mol. The molecule has 2 aromatic heterocycles. The van der Waals surface area contributed by atoms with Crippen LogP contribution in [0.3, 0.4) is 0 Å². The van der Waals surface area contributed by atoms with Gasteiger partial charge in [-0.25, -0.2) is 10.4 Å². The average Bonchev–Trinajstić information content (AvgIpc) is 2.76. The molecule has 0 aliphatic heterocycles. The number of rotatable bonds is 5. The lowest BCUT2D eigenvalue weighted by atomic mass is 10.1. The van der Waals surface area contributed by atoms with Gasteiger partial charge in [0.25, 0.3) is 5.91 Å². The van der Waals surface area contributed by atoms with Crippen LogP contribution in [0.1, 0.15) is 21.5 Å². The molecule has 0 spiro atoms. The normalized spacial score (nSPS) is 10.9. The number of aryl methyl sites for hydroxylation is 1. The molecule has 142 valence electrons. The largest absolute Gasteiger partial charge is 0.438 e. The zero-order chi connectivity index (χ0) is 20.1. The fraction of sp³-hybridized carbons (Fsp3) is 0.0435. The molecule has 0 atom stereocenters. The molecule has 6 nitrogen and oxygen atoms in total. The predicted octanol–water partition coefficient (Wildman–Crippen LogP) is 4.49. The first-order valence-corrected chi connectivity index (χ1v) is 9.07. The third-order valence-electron chi connectivity index (χ3n) is 4.26. The smallest absolute Gasteiger partial charge is 0.271 e. The second kappa shape index (κ2) is 8.31. The first-order valence-electron chi connectivity index (χ1n) is 9.07. The highest BCUT2D eigenvalue weighted by Gasteiger charge is 2.09. The Hall–Kier alpha value is -4.06. The third kappa shape index (κ3) is 4.44. The van der Waals surface area contributed by atoms with Gasteiger partial charge >= 0.3 is 0 Å². The number of ether oxygens (including phenoxy) is 1. The van der Waals surface area contributed by atoms with Crippen LogP contribution in [0.15, 0.2) is 84.2 Å². The van der Waals surface area contributed by atoms with Crippen molar-refractivity contribution in [2.75, 3.05) is 0 Å². The molecular formula is C23H18N4O2. The maximum Gasteiger partial charge on any atom is 0.271 e. The SMILES string of the molecule is Cc1ccc(Oc2nc3ccccc3cc2/C=N/NC(=O)c2ccncc2)cc1. The summed E-state index contributed by atoms with van der Waals surface area (Å²) in [5.41, 5.74) is 5.60. The van der Waals surface area contributed by atoms with Crippen LogP contribution in [0, 0.1) is 6.92 Å². The summed E-state index contributed by atoms with van der Waals surface area (Å²) in [6.07, 6.45) is 4.64. The van der Waals surface area contributed by atoms with Crippen molar-refractivity contribution in [2.24, 2.45) is 5.10 Å². The van der Waals surface area contributed by atoms with Crippen molar-refractivity contribution in [3.05, 3.63) is 95.8 Å². The van der Waals surface area contributed by atoms with Crippen molar-refractivity contribution in [3.8, 4) is 11.6 Å². The molecule has 0 aliphatic rings. The van der Waals surface area contributed by atoms with E-state index in [0.717, 1.165) is 16.5 Å². The molecule has 0 aliphatic carbocycles. The first-order chi connectivity index (χ1) is 14.2. The Balaban J connectivity index is 1.62. The zero-order valence-electron chi connectivity index (χ0n) is 15.7. The maximum absolute atomic E-state index is 12.2. The number of nitrogens with zero attached hydrogens (tertiary/aromatic N) is 3. The van der Waals surface area contributed by atoms with E-state index < -0.39 is 0 Å². The van der Waals surface area contributed by atoms with Crippen molar-refractivity contribution >= 4 is 23.0 Å². The summed E-state index contributed by atoms with van der Waals surface area (Å²) in [4.78, 5) is 20.7. The van der Waals surface area contributed by atoms with Gasteiger partial charge in [-0.15, -0.1) is 0 Å². The minimum Gasteiger partial charge on any atom is -0.438 e. The summed E-state index contributed by atoms with van der Waals surface area (Å²) in [6.45, 7) is 2.02. The summed E-state index contributed by atoms with van der Waals surface area (Å²) >= 11 is 0. The molecule has 0 radical (unpaired) electrons. The van der Waals surface area contributed by atoms with Crippen molar-refractivity contribution in [2.45, 2.75) is 6.92 Å². The van der Waals surface area contributed by atoms with Gasteiger partial charge in [0.15, 0.2) is 0 Å². The lowest BCUT2D eigenvalue weighted by Gasteiger charge is -2.09. The average molecular weight is 382 g/mol. The van der Waals surface area contributed by atoms with Crippen molar-refractivity contribution in [1.29, 1.82) is 0 Å². The fourth-order valence-electron chi connectivity index (χ4n) is 2.74. The van der Waals surface area contributed by atoms with Gasteiger partial charge in [0.1, 0.15) is 5.75 Å². The minimum absolute atomic E-state index is 0.321. The van der Waals surface area contributed by atoms with Gasteiger partial charge in [-0.2, -0.15) is 5.10 Å². The number of hydrazone groups is 1. The Morgan fingerprint density at radius 3 is 2.59 bits per heavy atom. The topological polar surface area (TPSA) is 76.5 Å². The number of nitrogens with one attached hydrogen (secondary N) is 1. The molecule has 1 N–H and O–H groups in total. The molecule has 0 bridgehead atoms. The Kier molecular flexibility index (Phi) is 5.25. The highest BCUT2D eigenvalue weighted by atomic mass is 16.5. The quantitative estimate of drug-likeness (QED) is 0.407. The van der Waals surface area contributed by atoms with Crippen LogP contribution in [-0.2, 0) is 0 Å². The van der Waals surface area contributed by atoms with E-state index in [1.54, 1.807) is 24.5 Å². The second-order valence-corrected chi connectivity index (χ2v) is 6.43. The molecule has 4 aromatic rings. The fourth-order valence-corrected chi connectivity index (χ4v) is 2.74. The van der Waals surface area contributed by atoms with E-state index >= 15 is 0 Å². The molecule has 2 aromatic carbocycles. The number of fused-ring (bicyclic) bond motifs is 1. The van der Waals surface area contributed by atoms with Gasteiger partial charge in [-0.3, -0.25) is 9.78 Å². The van der Waals surface area contributed by atoms with Crippen molar-refractivity contribution in [3.63, 3.8) is 0 Å². The first kappa shape index (κ1) is 18.3. The Morgan fingerprint density at radius 2 is 1.79 bits per heavy atom. The molecule has 0 unspecified atom stereocenters. The monoisotopic (exact) mass is 382 g/mol. The van der Waals surface area contributed by atoms with Gasteiger partial charge < -0.3 is 4.74 Å². The molecule has 4 rings (SSSR count). The number of carbonyl (C=O) groups excluding carboxylic acids is 1. The number of benzene rings is 2. The predicted molar refractivity (Wildman–Crippen MR) is 112 cm³/mol. The molecule has 1 amide bonds. The van der Waals surface area contributed by atoms with Crippen LogP contribution < -0.4 is 10.2 Å². The standard InChI is InChI=1S/C23H18N4O2/c1-16-6-8-20(9-7-16)29-23-19(14-18-4-2-3-5-21(18)26-23)15-25-27-22(28)17-10-12-24-13-11-17/h2-15H,1H3,(H,27,28)/b25-15+. The number of hydrogen-bond acceptors (Lipinski definition) is 5. The van der Waals surface area contributed by atoms with Crippen molar-refractivity contribution < 1.29 is 9.53 Å². The molecule has 2 heterocycles. The summed E-state index contributed by atoms with van der Waals surface area (Å²) < 4.78 is 5.99. The number of carbonyl (C=O) groups is 1. The Bertz CT molecular complexity index is 1170. The highest BCUT2D eigenvalue weighted by molar-refractivity contribution is 5.95. The maximum atomic E-state index is 12.2. The number of para-hydroxylation sites is 1. The zero-order valence-corrected chi connectivity index (χ0v) is 15.7. The molecule has 6 heteroatoms. The van der Waals surface area contributed by atoms with E-state index in [0.29, 0.717) is 22.8 Å². The summed E-state index contributed by atoms with van der Waals surface area (Å²) in [5.74, 6) is 0.765. The summed E-state index contributed by atoms with van der Waals surface area (Å²) in [7, 11) is 0. The van der Waals surface area contributed by atoms with E-state index in [-0.39, 0.29) is 5.91 Å². The molecule has 0 saturated heterocycles. The van der Waals surface area contributed by atoms with E-state index in [9.17, 15) is 4.79 Å². The van der Waals surface area contributed by atoms with Crippen LogP contribution in [0.25, 0.3) is 10.9 Å². The van der Waals surface area contributed by atoms with Gasteiger partial charge in [0, 0.05) is 23.3 Å². The highest BCUT2D eigenvalue weighted by Crippen LogP contribution is 2.26. The number of amides is 1. The number of hydrogen-bond donors (Lipinski definition) is 1. The number of aromatic nitrogens is 2. The third-order valence-corrected chi connectivity index (χ3v) is 4.26. The van der Waals surface area contributed by atoms with Gasteiger partial charge in [-0.05, 0) is 43.3 Å². The van der Waals surface area contributed by atoms with Crippen LogP contribution in [0.5, 0.6) is 11.6 Å². The second-order valence-electron chi connectivity index (χ2n) is 6.43. The molecule has 0 saturated carbocycles. The van der Waals surface area contributed by atoms with E-state index in [1.165, 1.54) is 6.21 Å². The summed E-state index contributed by atoms with van der Waals surface area (Å²) in [5, 5.41) is 5.03. The Labute approximate surface area is 167 Å². The Morgan fingerprint density at radius 1 is 1.03 bits per heavy atom. The number of pyridine rings is 2. The minimum atomic E-state index is -0.321.